The topological polar surface area (TPSA) is 79.0 Å². The van der Waals surface area contributed by atoms with Crippen molar-refractivity contribution in [3.8, 4) is 0 Å². The van der Waals surface area contributed by atoms with Crippen molar-refractivity contribution < 1.29 is 17.9 Å². The molecule has 1 aliphatic heterocycles. The Kier molecular flexibility index (Phi) is 8.64. The van der Waals surface area contributed by atoms with Crippen molar-refractivity contribution in [2.24, 2.45) is 0 Å². The van der Waals surface area contributed by atoms with Crippen LogP contribution in [0.2, 0.25) is 0 Å². The minimum Gasteiger partial charge on any atom is -0.373 e. The van der Waals surface area contributed by atoms with Crippen LogP contribution in [0.3, 0.4) is 0 Å². The van der Waals surface area contributed by atoms with Gasteiger partial charge >= 0.3 is 0 Å². The van der Waals surface area contributed by atoms with Crippen molar-refractivity contribution in [1.82, 2.24) is 14.5 Å². The van der Waals surface area contributed by atoms with Gasteiger partial charge in [-0.3, -0.25) is 9.69 Å². The maximum Gasteiger partial charge on any atom is 0.251 e. The predicted octanol–water partition coefficient (Wildman–Crippen LogP) is 3.26. The summed E-state index contributed by atoms with van der Waals surface area (Å²) in [6, 6.07) is 14.4. The van der Waals surface area contributed by atoms with Crippen LogP contribution in [0.15, 0.2) is 53.4 Å². The lowest BCUT2D eigenvalue weighted by atomic mass is 10.1. The highest BCUT2D eigenvalue weighted by Gasteiger charge is 2.32. The molecule has 2 aromatic rings. The maximum absolute atomic E-state index is 13.1. The average Bonchev–Trinajstić information content (AvgIpc) is 2.81. The quantitative estimate of drug-likeness (QED) is 0.605. The van der Waals surface area contributed by atoms with Crippen LogP contribution in [0.4, 0.5) is 0 Å². The normalized spacial score (nSPS) is 19.5. The van der Waals surface area contributed by atoms with Gasteiger partial charge in [-0.1, -0.05) is 44.2 Å². The van der Waals surface area contributed by atoms with Crippen LogP contribution >= 0.6 is 0 Å². The van der Waals surface area contributed by atoms with Gasteiger partial charge in [0.05, 0.1) is 17.1 Å². The first-order chi connectivity index (χ1) is 15.7. The molecule has 7 nitrogen and oxygen atoms in total. The highest BCUT2D eigenvalue weighted by atomic mass is 32.2. The summed E-state index contributed by atoms with van der Waals surface area (Å²) >= 11 is 0. The van der Waals surface area contributed by atoms with Crippen LogP contribution in [-0.2, 0) is 27.8 Å². The number of ether oxygens (including phenoxy) is 1. The van der Waals surface area contributed by atoms with E-state index in [1.54, 1.807) is 12.1 Å². The number of benzene rings is 2. The maximum atomic E-state index is 13.1. The summed E-state index contributed by atoms with van der Waals surface area (Å²) in [5.74, 6) is -0.303. The van der Waals surface area contributed by atoms with Gasteiger partial charge in [0.15, 0.2) is 0 Å². The molecule has 1 heterocycles. The lowest BCUT2D eigenvalue weighted by Crippen LogP contribution is -2.48. The number of morpholine rings is 1. The van der Waals surface area contributed by atoms with Crippen molar-refractivity contribution in [3.05, 3.63) is 65.2 Å². The summed E-state index contributed by atoms with van der Waals surface area (Å²) in [6.07, 6.45) is -0.346. The van der Waals surface area contributed by atoms with Crippen LogP contribution < -0.4 is 5.32 Å². The number of carbonyl (C=O) groups is 1. The fourth-order valence-corrected chi connectivity index (χ4v) is 5.66. The molecule has 0 bridgehead atoms. The number of amides is 1. The minimum atomic E-state index is -3.70. The Morgan fingerprint density at radius 3 is 2.24 bits per heavy atom. The molecule has 180 valence electrons. The number of nitrogens with one attached hydrogen (secondary N) is 1. The van der Waals surface area contributed by atoms with Crippen LogP contribution in [0.25, 0.3) is 0 Å². The SMILES string of the molecule is CCN(CC)Cc1ccc(CNC(=O)c2cccc(S(=O)(=O)N3C[C@H](C)O[C@@H](C)C3)c2)cc1. The number of hydrogen-bond donors (Lipinski definition) is 1. The molecule has 0 radical (unpaired) electrons. The molecule has 1 amide bonds. The Balaban J connectivity index is 1.64. The predicted molar refractivity (Wildman–Crippen MR) is 129 cm³/mol. The van der Waals surface area contributed by atoms with Crippen LogP contribution in [-0.4, -0.2) is 61.9 Å². The molecule has 0 saturated carbocycles. The average molecular weight is 474 g/mol. The first kappa shape index (κ1) is 25.4. The fourth-order valence-electron chi connectivity index (χ4n) is 4.03. The summed E-state index contributed by atoms with van der Waals surface area (Å²) in [5.41, 5.74) is 2.55. The molecule has 33 heavy (non-hydrogen) atoms. The van der Waals surface area contributed by atoms with E-state index in [-0.39, 0.29) is 23.0 Å². The van der Waals surface area contributed by atoms with Crippen LogP contribution in [0.1, 0.15) is 49.2 Å². The van der Waals surface area contributed by atoms with Gasteiger partial charge in [0, 0.05) is 31.7 Å². The second-order valence-electron chi connectivity index (χ2n) is 8.57. The molecule has 2 atom stereocenters. The van der Waals surface area contributed by atoms with Crippen LogP contribution in [0, 0.1) is 0 Å². The number of hydrogen-bond acceptors (Lipinski definition) is 5. The summed E-state index contributed by atoms with van der Waals surface area (Å²) in [5, 5.41) is 2.89. The summed E-state index contributed by atoms with van der Waals surface area (Å²) in [7, 11) is -3.70. The summed E-state index contributed by atoms with van der Waals surface area (Å²) in [6.45, 7) is 11.9. The Morgan fingerprint density at radius 1 is 1.03 bits per heavy atom. The number of rotatable bonds is 9. The monoisotopic (exact) mass is 473 g/mol. The highest BCUT2D eigenvalue weighted by molar-refractivity contribution is 7.89. The van der Waals surface area contributed by atoms with E-state index < -0.39 is 10.0 Å². The second kappa shape index (κ2) is 11.2. The Bertz CT molecular complexity index is 1030. The van der Waals surface area contributed by atoms with Gasteiger partial charge in [-0.2, -0.15) is 4.31 Å². The zero-order valence-corrected chi connectivity index (χ0v) is 20.8. The van der Waals surface area contributed by atoms with E-state index >= 15 is 0 Å². The molecule has 0 unspecified atom stereocenters. The third-order valence-electron chi connectivity index (χ3n) is 5.90. The molecule has 8 heteroatoms. The Labute approximate surface area is 197 Å². The summed E-state index contributed by atoms with van der Waals surface area (Å²) < 4.78 is 33.3. The van der Waals surface area contributed by atoms with Crippen molar-refractivity contribution in [3.63, 3.8) is 0 Å². The van der Waals surface area contributed by atoms with Gasteiger partial charge in [0.2, 0.25) is 10.0 Å². The van der Waals surface area contributed by atoms with Gasteiger partial charge in [0.1, 0.15) is 0 Å². The molecule has 3 rings (SSSR count). The molecular formula is C25H35N3O4S. The number of sulfonamides is 1. The van der Waals surface area contributed by atoms with Gasteiger partial charge in [-0.05, 0) is 56.3 Å². The Morgan fingerprint density at radius 2 is 1.64 bits per heavy atom. The van der Waals surface area contributed by atoms with Crippen molar-refractivity contribution >= 4 is 15.9 Å². The number of carbonyl (C=O) groups excluding carboxylic acids is 1. The largest absolute Gasteiger partial charge is 0.373 e. The van der Waals surface area contributed by atoms with Gasteiger partial charge in [-0.25, -0.2) is 8.42 Å². The minimum absolute atomic E-state index is 0.122. The lowest BCUT2D eigenvalue weighted by molar-refractivity contribution is -0.0440. The molecule has 1 aliphatic rings. The van der Waals surface area contributed by atoms with E-state index in [2.05, 4.69) is 36.2 Å². The lowest BCUT2D eigenvalue weighted by Gasteiger charge is -2.34. The van der Waals surface area contributed by atoms with E-state index in [1.165, 1.54) is 22.0 Å². The van der Waals surface area contributed by atoms with E-state index in [0.29, 0.717) is 25.2 Å². The first-order valence-corrected chi connectivity index (χ1v) is 13.0. The molecule has 0 aromatic heterocycles. The molecule has 1 saturated heterocycles. The first-order valence-electron chi connectivity index (χ1n) is 11.6. The molecule has 0 aliphatic carbocycles. The van der Waals surface area contributed by atoms with E-state index in [4.69, 9.17) is 4.74 Å². The zero-order valence-electron chi connectivity index (χ0n) is 20.0. The van der Waals surface area contributed by atoms with Gasteiger partial charge in [-0.15, -0.1) is 0 Å². The molecular weight excluding hydrogens is 438 g/mol. The molecule has 0 spiro atoms. The zero-order chi connectivity index (χ0) is 24.0. The van der Waals surface area contributed by atoms with Crippen molar-refractivity contribution in [2.75, 3.05) is 26.2 Å². The van der Waals surface area contributed by atoms with E-state index in [0.717, 1.165) is 25.2 Å². The molecule has 1 fully saturated rings. The standard InChI is InChI=1S/C25H35N3O4S/c1-5-27(6-2)18-22-12-10-21(11-13-22)15-26-25(29)23-8-7-9-24(14-23)33(30,31)28-16-19(3)32-20(4)17-28/h7-14,19-20H,5-6,15-18H2,1-4H3,(H,26,29)/t19-,20-/m0/s1. The van der Waals surface area contributed by atoms with E-state index in [9.17, 15) is 13.2 Å². The van der Waals surface area contributed by atoms with Crippen molar-refractivity contribution in [1.29, 1.82) is 0 Å². The fraction of sp³-hybridized carbons (Fsp3) is 0.480. The third-order valence-corrected chi connectivity index (χ3v) is 7.72. The Hall–Kier alpha value is -2.26. The molecule has 1 N–H and O–H groups in total. The van der Waals surface area contributed by atoms with E-state index in [1.807, 2.05) is 26.0 Å². The summed E-state index contributed by atoms with van der Waals surface area (Å²) in [4.78, 5) is 15.2. The number of nitrogens with zero attached hydrogens (tertiary/aromatic N) is 2. The van der Waals surface area contributed by atoms with Gasteiger partial charge < -0.3 is 10.1 Å². The van der Waals surface area contributed by atoms with Gasteiger partial charge in [0.25, 0.3) is 5.91 Å². The second-order valence-corrected chi connectivity index (χ2v) is 10.5. The molecule has 2 aromatic carbocycles. The third kappa shape index (κ3) is 6.63. The van der Waals surface area contributed by atoms with Crippen molar-refractivity contribution in [2.45, 2.75) is 57.9 Å². The van der Waals surface area contributed by atoms with Crippen LogP contribution in [0.5, 0.6) is 0 Å². The highest BCUT2D eigenvalue weighted by Crippen LogP contribution is 2.22. The smallest absolute Gasteiger partial charge is 0.251 e.